The Morgan fingerprint density at radius 1 is 1.08 bits per heavy atom. The van der Waals surface area contributed by atoms with Crippen LogP contribution < -0.4 is 5.73 Å². The van der Waals surface area contributed by atoms with Gasteiger partial charge in [0.05, 0.1) is 31.4 Å². The zero-order chi connectivity index (χ0) is 28.1. The third kappa shape index (κ3) is 10.3. The maximum Gasteiger partial charge on any atom is 0.232 e. The highest BCUT2D eigenvalue weighted by atomic mass is 32.1. The summed E-state index contributed by atoms with van der Waals surface area (Å²) < 4.78 is 15.4. The molecule has 0 spiro atoms. The van der Waals surface area contributed by atoms with Gasteiger partial charge in [-0.2, -0.15) is 9.36 Å². The Hall–Kier alpha value is -3.09. The molecule has 0 saturated heterocycles. The summed E-state index contributed by atoms with van der Waals surface area (Å²) in [5.74, 6) is -0.983. The van der Waals surface area contributed by atoms with E-state index in [1.807, 2.05) is 26.8 Å². The molecule has 0 saturated carbocycles. The molecule has 2 aromatic heterocycles. The van der Waals surface area contributed by atoms with Crippen molar-refractivity contribution in [1.29, 1.82) is 0 Å². The molecule has 2 unspecified atom stereocenters. The van der Waals surface area contributed by atoms with Crippen LogP contribution in [0.3, 0.4) is 0 Å². The molecule has 0 radical (unpaired) electrons. The largest absolute Gasteiger partial charge is 0.389 e. The van der Waals surface area contributed by atoms with Crippen LogP contribution in [0, 0.1) is 23.7 Å². The number of hydrogen-bond acceptors (Lipinski definition) is 12. The molecule has 0 aromatic carbocycles. The van der Waals surface area contributed by atoms with Crippen LogP contribution in [0.15, 0.2) is 23.5 Å². The van der Waals surface area contributed by atoms with Gasteiger partial charge in [-0.15, -0.1) is 0 Å². The van der Waals surface area contributed by atoms with Gasteiger partial charge in [-0.25, -0.2) is 0 Å². The smallest absolute Gasteiger partial charge is 0.232 e. The number of hydrogen-bond donors (Lipinski definition) is 1. The number of aldehydes is 1. The molecule has 0 fully saturated rings. The molecule has 0 amide bonds. The van der Waals surface area contributed by atoms with Crippen LogP contribution in [0.5, 0.6) is 0 Å². The van der Waals surface area contributed by atoms with Crippen LogP contribution in [-0.4, -0.2) is 64.3 Å². The number of nitrogens with two attached hydrogens (primary N) is 1. The maximum absolute atomic E-state index is 12.1. The maximum atomic E-state index is 12.1. The lowest BCUT2D eigenvalue weighted by atomic mass is 9.94. The minimum absolute atomic E-state index is 0.0665. The lowest BCUT2D eigenvalue weighted by Gasteiger charge is -2.15. The minimum Gasteiger partial charge on any atom is -0.389 e. The molecule has 2 heterocycles. The van der Waals surface area contributed by atoms with E-state index in [0.29, 0.717) is 35.7 Å². The van der Waals surface area contributed by atoms with Gasteiger partial charge >= 0.3 is 0 Å². The number of carbonyl (C=O) groups is 3. The van der Waals surface area contributed by atoms with E-state index >= 15 is 0 Å². The van der Waals surface area contributed by atoms with E-state index in [2.05, 4.69) is 19.5 Å². The van der Waals surface area contributed by atoms with E-state index in [-0.39, 0.29) is 61.7 Å². The number of anilines is 1. The van der Waals surface area contributed by atoms with E-state index in [1.165, 1.54) is 11.5 Å². The second-order valence-corrected chi connectivity index (χ2v) is 10.2. The molecule has 0 aliphatic carbocycles. The quantitative estimate of drug-likeness (QED) is 0.0965. The molecule has 12 heteroatoms. The van der Waals surface area contributed by atoms with Crippen molar-refractivity contribution >= 4 is 41.0 Å². The van der Waals surface area contributed by atoms with Crippen molar-refractivity contribution in [2.75, 3.05) is 32.2 Å². The van der Waals surface area contributed by atoms with E-state index in [9.17, 15) is 14.4 Å². The van der Waals surface area contributed by atoms with Gasteiger partial charge in [0.1, 0.15) is 28.6 Å². The molecule has 0 aliphatic heterocycles. The standard InChI is InChI=1S/C26H37N5O6S/c1-16(2)23(33)19(5)12-36-14-22(13-35-9-8-17(3)24(34)18(4)11-32)30-37-15-21-7-6-20(10-28-21)25-29-26(27)31-38-25/h6-7,10-11,16-19H,8-9,12-15H2,1-5H3,(H2,27,31)/b30-22-/t17-,18?,19?/m1/s1. The molecular weight excluding hydrogens is 510 g/mol. The summed E-state index contributed by atoms with van der Waals surface area (Å²) in [4.78, 5) is 49.1. The van der Waals surface area contributed by atoms with Crippen LogP contribution >= 0.6 is 11.5 Å². The molecule has 2 N–H and O–H groups in total. The monoisotopic (exact) mass is 547 g/mol. The fourth-order valence-electron chi connectivity index (χ4n) is 3.39. The molecule has 38 heavy (non-hydrogen) atoms. The van der Waals surface area contributed by atoms with E-state index < -0.39 is 5.92 Å². The third-order valence-corrected chi connectivity index (χ3v) is 6.49. The van der Waals surface area contributed by atoms with Gasteiger partial charge < -0.3 is 24.8 Å². The van der Waals surface area contributed by atoms with Gasteiger partial charge in [0.15, 0.2) is 6.61 Å². The van der Waals surface area contributed by atoms with Crippen molar-refractivity contribution in [3.63, 3.8) is 0 Å². The van der Waals surface area contributed by atoms with Gasteiger partial charge in [-0.05, 0) is 37.0 Å². The van der Waals surface area contributed by atoms with Crippen LogP contribution in [0.2, 0.25) is 0 Å². The zero-order valence-corrected chi connectivity index (χ0v) is 23.4. The Balaban J connectivity index is 1.91. The normalized spacial score (nSPS) is 14.2. The summed E-state index contributed by atoms with van der Waals surface area (Å²) in [6, 6.07) is 3.65. The number of aromatic nitrogens is 3. The molecule has 11 nitrogen and oxygen atoms in total. The summed E-state index contributed by atoms with van der Waals surface area (Å²) in [6.07, 6.45) is 2.79. The Bertz CT molecular complexity index is 1070. The Morgan fingerprint density at radius 3 is 2.42 bits per heavy atom. The fourth-order valence-corrected chi connectivity index (χ4v) is 3.97. The first-order valence-electron chi connectivity index (χ1n) is 12.5. The Kier molecular flexibility index (Phi) is 13.1. The van der Waals surface area contributed by atoms with Crippen molar-refractivity contribution in [3.05, 3.63) is 24.0 Å². The average Bonchev–Trinajstić information content (AvgIpc) is 3.35. The van der Waals surface area contributed by atoms with E-state index in [0.717, 1.165) is 5.56 Å². The first kappa shape index (κ1) is 31.1. The van der Waals surface area contributed by atoms with E-state index in [1.54, 1.807) is 26.1 Å². The van der Waals surface area contributed by atoms with Gasteiger partial charge in [-0.3, -0.25) is 14.6 Å². The van der Waals surface area contributed by atoms with Crippen molar-refractivity contribution in [3.8, 4) is 10.6 Å². The SMILES string of the molecule is CC(C)C(=O)C(C)COC/C(COCC[C@@H](C)C(=O)C(C)C=O)=N\OCc1ccc(-c2nc(N)ns2)cn1. The molecule has 2 aromatic rings. The Morgan fingerprint density at radius 2 is 1.82 bits per heavy atom. The van der Waals surface area contributed by atoms with Crippen LogP contribution in [-0.2, 0) is 35.3 Å². The second-order valence-electron chi connectivity index (χ2n) is 9.47. The number of Topliss-reactive ketones (excluding diaryl/α,β-unsaturated/α-hetero) is 2. The van der Waals surface area contributed by atoms with Gasteiger partial charge in [0, 0.05) is 36.1 Å². The Labute approximate surface area is 227 Å². The lowest BCUT2D eigenvalue weighted by Crippen LogP contribution is -2.25. The van der Waals surface area contributed by atoms with Crippen molar-refractivity contribution in [2.24, 2.45) is 28.8 Å². The second kappa shape index (κ2) is 16.0. The molecule has 0 aliphatic rings. The first-order chi connectivity index (χ1) is 18.1. The van der Waals surface area contributed by atoms with Gasteiger partial charge in [0.2, 0.25) is 5.95 Å². The number of ketones is 2. The average molecular weight is 548 g/mol. The van der Waals surface area contributed by atoms with Crippen molar-refractivity contribution < 1.29 is 28.7 Å². The summed E-state index contributed by atoms with van der Waals surface area (Å²) in [7, 11) is 0. The predicted octanol–water partition coefficient (Wildman–Crippen LogP) is 3.38. The van der Waals surface area contributed by atoms with E-state index in [4.69, 9.17) is 20.0 Å². The van der Waals surface area contributed by atoms with Gasteiger partial charge in [-0.1, -0.05) is 32.9 Å². The summed E-state index contributed by atoms with van der Waals surface area (Å²) in [5.41, 5.74) is 7.53. The lowest BCUT2D eigenvalue weighted by molar-refractivity contribution is -0.130. The van der Waals surface area contributed by atoms with Crippen molar-refractivity contribution in [1.82, 2.24) is 14.3 Å². The summed E-state index contributed by atoms with van der Waals surface area (Å²) in [6.45, 7) is 9.85. The summed E-state index contributed by atoms with van der Waals surface area (Å²) >= 11 is 1.20. The molecular formula is C26H37N5O6S. The third-order valence-electron chi connectivity index (χ3n) is 5.71. The fraction of sp³-hybridized carbons (Fsp3) is 0.577. The number of carbonyl (C=O) groups excluding carboxylic acids is 3. The zero-order valence-electron chi connectivity index (χ0n) is 22.6. The first-order valence-corrected chi connectivity index (χ1v) is 13.3. The number of nitrogens with zero attached hydrogens (tertiary/aromatic N) is 4. The number of rotatable bonds is 18. The molecule has 0 bridgehead atoms. The highest BCUT2D eigenvalue weighted by Crippen LogP contribution is 2.21. The topological polar surface area (TPSA) is 156 Å². The number of pyridine rings is 1. The number of ether oxygens (including phenoxy) is 2. The summed E-state index contributed by atoms with van der Waals surface area (Å²) in [5, 5.41) is 4.84. The molecule has 2 rings (SSSR count). The van der Waals surface area contributed by atoms with Crippen LogP contribution in [0.25, 0.3) is 10.6 Å². The highest BCUT2D eigenvalue weighted by Gasteiger charge is 2.19. The molecule has 208 valence electrons. The van der Waals surface area contributed by atoms with Gasteiger partial charge in [0.25, 0.3) is 0 Å². The van der Waals surface area contributed by atoms with Crippen LogP contribution in [0.4, 0.5) is 5.95 Å². The number of oxime groups is 1. The van der Waals surface area contributed by atoms with Crippen molar-refractivity contribution in [2.45, 2.75) is 47.6 Å². The minimum atomic E-state index is -0.626. The van der Waals surface area contributed by atoms with Crippen LogP contribution in [0.1, 0.15) is 46.7 Å². The number of nitrogen functional groups attached to an aromatic ring is 1. The molecule has 3 atom stereocenters. The highest BCUT2D eigenvalue weighted by molar-refractivity contribution is 7.09. The predicted molar refractivity (Wildman–Crippen MR) is 144 cm³/mol.